The van der Waals surface area contributed by atoms with E-state index in [9.17, 15) is 17.6 Å². The molecule has 7 heteroatoms. The molecule has 162 valence electrons. The predicted molar refractivity (Wildman–Crippen MR) is 121 cm³/mol. The molecule has 0 spiro atoms. The van der Waals surface area contributed by atoms with Crippen LogP contribution in [-0.4, -0.2) is 20.6 Å². The fourth-order valence-corrected chi connectivity index (χ4v) is 4.06. The Bertz CT molecular complexity index is 1160. The molecule has 3 rings (SSSR count). The molecule has 0 fully saturated rings. The first-order chi connectivity index (χ1) is 14.6. The average Bonchev–Trinajstić information content (AvgIpc) is 2.73. The summed E-state index contributed by atoms with van der Waals surface area (Å²) in [5.74, 6) is -0.739. The summed E-state index contributed by atoms with van der Waals surface area (Å²) in [5.41, 5.74) is 3.16. The maximum absolute atomic E-state index is 14.0. The number of benzene rings is 3. The zero-order valence-corrected chi connectivity index (χ0v) is 18.5. The number of aryl methyl sites for hydroxylation is 1. The van der Waals surface area contributed by atoms with Gasteiger partial charge in [-0.1, -0.05) is 48.0 Å². The van der Waals surface area contributed by atoms with Crippen LogP contribution in [0.3, 0.4) is 0 Å². The SMILES string of the molecule is Cc1ccc([C@@H](C)NC(=O)c2ccc(N(Cc3ccccc3F)S(C)(=O)=O)cc2)cc1. The van der Waals surface area contributed by atoms with Crippen molar-refractivity contribution in [2.45, 2.75) is 26.4 Å². The Morgan fingerprint density at radius 1 is 1.00 bits per heavy atom. The summed E-state index contributed by atoms with van der Waals surface area (Å²) in [4.78, 5) is 12.6. The zero-order valence-electron chi connectivity index (χ0n) is 17.7. The molecule has 0 unspecified atom stereocenters. The molecule has 1 atom stereocenters. The lowest BCUT2D eigenvalue weighted by atomic mass is 10.1. The molecular formula is C24H25FN2O3S. The van der Waals surface area contributed by atoms with Crippen LogP contribution in [0, 0.1) is 12.7 Å². The van der Waals surface area contributed by atoms with Crippen LogP contribution in [0.4, 0.5) is 10.1 Å². The van der Waals surface area contributed by atoms with Crippen molar-refractivity contribution < 1.29 is 17.6 Å². The normalized spacial score (nSPS) is 12.3. The second-order valence-electron chi connectivity index (χ2n) is 7.51. The van der Waals surface area contributed by atoms with E-state index in [2.05, 4.69) is 5.32 Å². The van der Waals surface area contributed by atoms with Gasteiger partial charge in [0, 0.05) is 11.1 Å². The van der Waals surface area contributed by atoms with Crippen LogP contribution in [0.1, 0.15) is 40.0 Å². The molecule has 0 aliphatic heterocycles. The van der Waals surface area contributed by atoms with E-state index in [1.165, 1.54) is 6.07 Å². The minimum Gasteiger partial charge on any atom is -0.346 e. The molecule has 0 aromatic heterocycles. The molecule has 0 bridgehead atoms. The lowest BCUT2D eigenvalue weighted by Crippen LogP contribution is -2.30. The number of amides is 1. The Hall–Kier alpha value is -3.19. The highest BCUT2D eigenvalue weighted by Gasteiger charge is 2.20. The molecular weight excluding hydrogens is 415 g/mol. The first-order valence-corrected chi connectivity index (χ1v) is 11.7. The van der Waals surface area contributed by atoms with Crippen LogP contribution in [0.25, 0.3) is 0 Å². The highest BCUT2D eigenvalue weighted by molar-refractivity contribution is 7.92. The van der Waals surface area contributed by atoms with Crippen molar-refractivity contribution in [1.82, 2.24) is 5.32 Å². The number of nitrogens with one attached hydrogen (secondary N) is 1. The van der Waals surface area contributed by atoms with Crippen molar-refractivity contribution in [2.24, 2.45) is 0 Å². The lowest BCUT2D eigenvalue weighted by molar-refractivity contribution is 0.0940. The van der Waals surface area contributed by atoms with E-state index in [1.807, 2.05) is 38.1 Å². The molecule has 5 nitrogen and oxygen atoms in total. The van der Waals surface area contributed by atoms with E-state index in [0.29, 0.717) is 11.3 Å². The molecule has 1 amide bonds. The topological polar surface area (TPSA) is 66.5 Å². The molecule has 0 aliphatic rings. The van der Waals surface area contributed by atoms with Crippen molar-refractivity contribution in [1.29, 1.82) is 0 Å². The van der Waals surface area contributed by atoms with Gasteiger partial charge in [-0.15, -0.1) is 0 Å². The number of sulfonamides is 1. The van der Waals surface area contributed by atoms with Crippen LogP contribution in [-0.2, 0) is 16.6 Å². The van der Waals surface area contributed by atoms with Gasteiger partial charge in [0.15, 0.2) is 0 Å². The van der Waals surface area contributed by atoms with E-state index in [1.54, 1.807) is 42.5 Å². The minimum absolute atomic E-state index is 0.137. The standard InChI is InChI=1S/C24H25FN2O3S/c1-17-8-10-19(11-9-17)18(2)26-24(28)20-12-14-22(15-13-20)27(31(3,29)30)16-21-6-4-5-7-23(21)25/h4-15,18H,16H2,1-3H3,(H,26,28)/t18-/m1/s1. The second kappa shape index (κ2) is 9.31. The Labute approximate surface area is 182 Å². The quantitative estimate of drug-likeness (QED) is 0.584. The summed E-state index contributed by atoms with van der Waals surface area (Å²) in [5, 5.41) is 2.94. The zero-order chi connectivity index (χ0) is 22.6. The fourth-order valence-electron chi connectivity index (χ4n) is 3.18. The van der Waals surface area contributed by atoms with Crippen molar-refractivity contribution >= 4 is 21.6 Å². The molecule has 0 radical (unpaired) electrons. The third-order valence-corrected chi connectivity index (χ3v) is 6.16. The maximum Gasteiger partial charge on any atom is 0.251 e. The van der Waals surface area contributed by atoms with E-state index in [0.717, 1.165) is 21.7 Å². The van der Waals surface area contributed by atoms with Crippen LogP contribution in [0.15, 0.2) is 72.8 Å². The first-order valence-electron chi connectivity index (χ1n) is 9.84. The maximum atomic E-state index is 14.0. The van der Waals surface area contributed by atoms with E-state index in [-0.39, 0.29) is 24.1 Å². The Kier molecular flexibility index (Phi) is 6.75. The van der Waals surface area contributed by atoms with Crippen LogP contribution >= 0.6 is 0 Å². The number of carbonyl (C=O) groups is 1. The number of rotatable bonds is 7. The fraction of sp³-hybridized carbons (Fsp3) is 0.208. The second-order valence-corrected chi connectivity index (χ2v) is 9.42. The Morgan fingerprint density at radius 3 is 2.19 bits per heavy atom. The average molecular weight is 441 g/mol. The minimum atomic E-state index is -3.66. The highest BCUT2D eigenvalue weighted by atomic mass is 32.2. The van der Waals surface area contributed by atoms with Gasteiger partial charge < -0.3 is 5.32 Å². The number of anilines is 1. The monoisotopic (exact) mass is 440 g/mol. The molecule has 31 heavy (non-hydrogen) atoms. The number of nitrogens with zero attached hydrogens (tertiary/aromatic N) is 1. The van der Waals surface area contributed by atoms with Crippen molar-refractivity contribution in [2.75, 3.05) is 10.6 Å². The highest BCUT2D eigenvalue weighted by Crippen LogP contribution is 2.23. The van der Waals surface area contributed by atoms with Crippen molar-refractivity contribution in [3.63, 3.8) is 0 Å². The summed E-state index contributed by atoms with van der Waals surface area (Å²) in [7, 11) is -3.66. The van der Waals surface area contributed by atoms with Gasteiger partial charge in [-0.2, -0.15) is 0 Å². The molecule has 0 heterocycles. The third-order valence-electron chi connectivity index (χ3n) is 5.01. The number of hydrogen-bond donors (Lipinski definition) is 1. The Morgan fingerprint density at radius 2 is 1.61 bits per heavy atom. The Balaban J connectivity index is 1.77. The third kappa shape index (κ3) is 5.70. The van der Waals surface area contributed by atoms with Gasteiger partial charge in [0.2, 0.25) is 10.0 Å². The molecule has 0 saturated heterocycles. The summed E-state index contributed by atoms with van der Waals surface area (Å²) in [6.07, 6.45) is 1.07. The van der Waals surface area contributed by atoms with Crippen molar-refractivity contribution in [3.8, 4) is 0 Å². The number of hydrogen-bond acceptors (Lipinski definition) is 3. The smallest absolute Gasteiger partial charge is 0.251 e. The van der Waals surface area contributed by atoms with E-state index < -0.39 is 15.8 Å². The predicted octanol–water partition coefficient (Wildman–Crippen LogP) is 4.59. The van der Waals surface area contributed by atoms with Crippen LogP contribution < -0.4 is 9.62 Å². The molecule has 3 aromatic carbocycles. The largest absolute Gasteiger partial charge is 0.346 e. The summed E-state index contributed by atoms with van der Waals surface area (Å²) in [6, 6.07) is 20.0. The van der Waals surface area contributed by atoms with Gasteiger partial charge in [0.1, 0.15) is 5.82 Å². The van der Waals surface area contributed by atoms with E-state index >= 15 is 0 Å². The molecule has 3 aromatic rings. The molecule has 1 N–H and O–H groups in total. The van der Waals surface area contributed by atoms with Crippen LogP contribution in [0.2, 0.25) is 0 Å². The van der Waals surface area contributed by atoms with Crippen molar-refractivity contribution in [3.05, 3.63) is 101 Å². The first kappa shape index (κ1) is 22.5. The van der Waals surface area contributed by atoms with Gasteiger partial charge >= 0.3 is 0 Å². The molecule has 0 aliphatic carbocycles. The molecule has 0 saturated carbocycles. The van der Waals surface area contributed by atoms with Crippen LogP contribution in [0.5, 0.6) is 0 Å². The number of halogens is 1. The van der Waals surface area contributed by atoms with E-state index in [4.69, 9.17) is 0 Å². The van der Waals surface area contributed by atoms with Gasteiger partial charge in [-0.25, -0.2) is 12.8 Å². The van der Waals surface area contributed by atoms with Gasteiger partial charge in [-0.05, 0) is 49.7 Å². The van der Waals surface area contributed by atoms with Gasteiger partial charge in [-0.3, -0.25) is 9.10 Å². The van der Waals surface area contributed by atoms with Gasteiger partial charge in [0.25, 0.3) is 5.91 Å². The number of carbonyl (C=O) groups excluding carboxylic acids is 1. The lowest BCUT2D eigenvalue weighted by Gasteiger charge is -2.23. The summed E-state index contributed by atoms with van der Waals surface area (Å²) >= 11 is 0. The summed E-state index contributed by atoms with van der Waals surface area (Å²) in [6.45, 7) is 3.76. The van der Waals surface area contributed by atoms with Gasteiger partial charge in [0.05, 0.1) is 24.5 Å². The summed E-state index contributed by atoms with van der Waals surface area (Å²) < 4.78 is 39.8.